The molecule has 1 amide bonds. The van der Waals surface area contributed by atoms with Crippen molar-refractivity contribution in [3.63, 3.8) is 0 Å². The summed E-state index contributed by atoms with van der Waals surface area (Å²) in [5, 5.41) is 13.0. The van der Waals surface area contributed by atoms with E-state index >= 15 is 0 Å². The topological polar surface area (TPSA) is 78.9 Å². The third kappa shape index (κ3) is 7.10. The molecule has 192 valence electrons. The van der Waals surface area contributed by atoms with E-state index in [2.05, 4.69) is 5.32 Å². The lowest BCUT2D eigenvalue weighted by atomic mass is 9.93. The van der Waals surface area contributed by atoms with Crippen LogP contribution in [0.2, 0.25) is 0 Å². The number of fused-ring (bicyclic) bond motifs is 2. The second-order valence-electron chi connectivity index (χ2n) is 8.23. The molecule has 0 aliphatic carbocycles. The first-order chi connectivity index (χ1) is 16.5. The number of piperidine rings is 1. The van der Waals surface area contributed by atoms with Gasteiger partial charge in [0.15, 0.2) is 17.5 Å². The number of benzene rings is 1. The second kappa shape index (κ2) is 11.3. The molecule has 4 rings (SSSR count). The van der Waals surface area contributed by atoms with Crippen LogP contribution in [0.15, 0.2) is 29.6 Å². The van der Waals surface area contributed by atoms with Crippen molar-refractivity contribution < 1.29 is 45.8 Å². The third-order valence-corrected chi connectivity index (χ3v) is 6.58. The molecule has 13 heteroatoms. The Morgan fingerprint density at radius 1 is 1.09 bits per heavy atom. The highest BCUT2D eigenvalue weighted by Crippen LogP contribution is 2.32. The van der Waals surface area contributed by atoms with Gasteiger partial charge in [-0.3, -0.25) is 4.90 Å². The molecule has 2 aliphatic rings. The number of nitrogens with one attached hydrogen (secondary N) is 1. The number of ether oxygens (including phenoxy) is 1. The zero-order valence-electron chi connectivity index (χ0n) is 18.2. The Balaban J connectivity index is 0.000000429. The molecule has 2 bridgehead atoms. The van der Waals surface area contributed by atoms with Gasteiger partial charge in [0.05, 0.1) is 13.2 Å². The average Bonchev–Trinajstić information content (AvgIpc) is 3.45. The summed E-state index contributed by atoms with van der Waals surface area (Å²) in [5.41, 5.74) is -0.107. The molecule has 0 spiro atoms. The summed E-state index contributed by atoms with van der Waals surface area (Å²) in [7, 11) is 0. The molecule has 2 aliphatic heterocycles. The van der Waals surface area contributed by atoms with E-state index < -0.39 is 35.7 Å². The second-order valence-corrected chi connectivity index (χ2v) is 9.15. The Morgan fingerprint density at radius 2 is 1.71 bits per heavy atom. The van der Waals surface area contributed by atoms with E-state index in [1.54, 1.807) is 17.5 Å². The molecule has 2 unspecified atom stereocenters. The minimum atomic E-state index is -5.08. The Morgan fingerprint density at radius 3 is 2.26 bits per heavy atom. The van der Waals surface area contributed by atoms with Crippen molar-refractivity contribution >= 4 is 28.4 Å². The van der Waals surface area contributed by atoms with E-state index in [1.807, 2.05) is 0 Å². The van der Waals surface area contributed by atoms with Crippen molar-refractivity contribution in [3.8, 4) is 0 Å². The van der Waals surface area contributed by atoms with Gasteiger partial charge in [0.25, 0.3) is 0 Å². The maximum atomic E-state index is 14.1. The molecular weight excluding hydrogens is 502 g/mol. The summed E-state index contributed by atoms with van der Waals surface area (Å²) in [6.45, 7) is 0.0650. The van der Waals surface area contributed by atoms with Gasteiger partial charge in [-0.2, -0.15) is 13.2 Å². The molecule has 0 radical (unpaired) electrons. The number of carbonyl (C=O) groups excluding carboxylic acids is 1. The van der Waals surface area contributed by atoms with Crippen LogP contribution in [-0.2, 0) is 16.1 Å². The summed E-state index contributed by atoms with van der Waals surface area (Å²) >= 11 is 1.29. The number of rotatable bonds is 5. The zero-order chi connectivity index (χ0) is 25.8. The fourth-order valence-corrected chi connectivity index (χ4v) is 4.81. The average molecular weight is 524 g/mol. The number of hydrogen-bond donors (Lipinski definition) is 2. The van der Waals surface area contributed by atoms with Crippen LogP contribution in [0.3, 0.4) is 0 Å². The van der Waals surface area contributed by atoms with Gasteiger partial charge < -0.3 is 15.2 Å². The van der Waals surface area contributed by atoms with Gasteiger partial charge in [-0.15, -0.1) is 11.3 Å². The maximum absolute atomic E-state index is 14.1. The largest absolute Gasteiger partial charge is 0.490 e. The minimum absolute atomic E-state index is 0.107. The lowest BCUT2D eigenvalue weighted by molar-refractivity contribution is -0.192. The Kier molecular flexibility index (Phi) is 8.65. The van der Waals surface area contributed by atoms with Crippen LogP contribution in [-0.4, -0.2) is 42.0 Å². The number of amides is 1. The molecular formula is C22H22F6N2O4S. The van der Waals surface area contributed by atoms with Gasteiger partial charge in [-0.1, -0.05) is 6.07 Å². The first-order valence-corrected chi connectivity index (χ1v) is 11.5. The van der Waals surface area contributed by atoms with Gasteiger partial charge in [-0.05, 0) is 55.2 Å². The number of halogens is 6. The zero-order valence-corrected chi connectivity index (χ0v) is 19.0. The van der Waals surface area contributed by atoms with Crippen molar-refractivity contribution in [2.75, 3.05) is 11.5 Å². The summed E-state index contributed by atoms with van der Waals surface area (Å²) < 4.78 is 78.1. The van der Waals surface area contributed by atoms with E-state index in [4.69, 9.17) is 14.6 Å². The summed E-state index contributed by atoms with van der Waals surface area (Å²) in [4.78, 5) is 22.9. The number of hydrogen-bond acceptors (Lipinski definition) is 5. The minimum Gasteiger partial charge on any atom is -0.475 e. The molecule has 2 fully saturated rings. The molecule has 2 saturated heterocycles. The molecule has 1 aromatic heterocycles. The molecule has 2 atom stereocenters. The van der Waals surface area contributed by atoms with Gasteiger partial charge in [-0.25, -0.2) is 22.8 Å². The van der Waals surface area contributed by atoms with Crippen LogP contribution >= 0.6 is 11.3 Å². The summed E-state index contributed by atoms with van der Waals surface area (Å²) in [6.07, 6.45) is -1.43. The van der Waals surface area contributed by atoms with Crippen LogP contribution in [0.4, 0.5) is 36.1 Å². The van der Waals surface area contributed by atoms with Crippen molar-refractivity contribution in [2.45, 2.75) is 50.5 Å². The number of carbonyl (C=O) groups is 2. The van der Waals surface area contributed by atoms with Gasteiger partial charge in [0.1, 0.15) is 5.00 Å². The molecule has 35 heavy (non-hydrogen) atoms. The number of aliphatic carboxylic acids is 1. The van der Waals surface area contributed by atoms with Crippen LogP contribution < -0.4 is 10.2 Å². The quantitative estimate of drug-likeness (QED) is 0.401. The van der Waals surface area contributed by atoms with E-state index in [9.17, 15) is 31.1 Å². The standard InChI is InChI=1S/C20H21F3N2O2S.C2HF3O2/c21-16-6-3-13(18(22)19(16)23)10-25(17-2-1-7-28-17)20(26)27-11-12-8-14-4-5-15(9-12)24-14;3-2(4,5)1(6)7/h1-3,6-7,12,14-15,24H,4-5,8-11H2;(H,6,7). The Bertz CT molecular complexity index is 1020. The highest BCUT2D eigenvalue weighted by Gasteiger charge is 2.38. The van der Waals surface area contributed by atoms with Crippen molar-refractivity contribution in [3.05, 3.63) is 52.7 Å². The van der Waals surface area contributed by atoms with Crippen LogP contribution in [0.1, 0.15) is 31.2 Å². The Labute approximate surface area is 200 Å². The smallest absolute Gasteiger partial charge is 0.475 e. The molecule has 0 saturated carbocycles. The van der Waals surface area contributed by atoms with Crippen molar-refractivity contribution in [2.24, 2.45) is 5.92 Å². The lowest BCUT2D eigenvalue weighted by Gasteiger charge is -2.29. The fourth-order valence-electron chi connectivity index (χ4n) is 4.09. The third-order valence-electron chi connectivity index (χ3n) is 5.69. The van der Waals surface area contributed by atoms with Crippen LogP contribution in [0.5, 0.6) is 0 Å². The molecule has 6 nitrogen and oxygen atoms in total. The predicted molar refractivity (Wildman–Crippen MR) is 115 cm³/mol. The van der Waals surface area contributed by atoms with Crippen LogP contribution in [0, 0.1) is 23.4 Å². The number of alkyl halides is 3. The van der Waals surface area contributed by atoms with Gasteiger partial charge in [0, 0.05) is 17.6 Å². The number of carboxylic acid groups (broad SMARTS) is 1. The first-order valence-electron chi connectivity index (χ1n) is 10.6. The lowest BCUT2D eigenvalue weighted by Crippen LogP contribution is -2.40. The van der Waals surface area contributed by atoms with Crippen molar-refractivity contribution in [1.29, 1.82) is 0 Å². The number of anilines is 1. The van der Waals surface area contributed by atoms with E-state index in [0.29, 0.717) is 29.6 Å². The molecule has 2 N–H and O–H groups in total. The van der Waals surface area contributed by atoms with Gasteiger partial charge in [0.2, 0.25) is 0 Å². The maximum Gasteiger partial charge on any atom is 0.490 e. The van der Waals surface area contributed by atoms with Gasteiger partial charge >= 0.3 is 18.2 Å². The molecule has 2 aromatic rings. The molecule has 1 aromatic carbocycles. The first kappa shape index (κ1) is 26.8. The highest BCUT2D eigenvalue weighted by molar-refractivity contribution is 7.14. The van der Waals surface area contributed by atoms with E-state index in [-0.39, 0.29) is 12.1 Å². The van der Waals surface area contributed by atoms with Crippen molar-refractivity contribution in [1.82, 2.24) is 5.32 Å². The SMILES string of the molecule is O=C(O)C(F)(F)F.O=C(OCC1CC2CCC(C1)N2)N(Cc1ccc(F)c(F)c1F)c1cccs1. The number of nitrogens with zero attached hydrogens (tertiary/aromatic N) is 1. The highest BCUT2D eigenvalue weighted by atomic mass is 32.1. The van der Waals surface area contributed by atoms with E-state index in [1.165, 1.54) is 16.2 Å². The Hall–Kier alpha value is -2.80. The molecule has 3 heterocycles. The monoisotopic (exact) mass is 524 g/mol. The fraction of sp³-hybridized carbons (Fsp3) is 0.455. The van der Waals surface area contributed by atoms with E-state index in [0.717, 1.165) is 37.8 Å². The summed E-state index contributed by atoms with van der Waals surface area (Å²) in [5.74, 6) is -6.54. The predicted octanol–water partition coefficient (Wildman–Crippen LogP) is 5.47. The normalized spacial score (nSPS) is 21.1. The van der Waals surface area contributed by atoms with Crippen LogP contribution in [0.25, 0.3) is 0 Å². The summed E-state index contributed by atoms with van der Waals surface area (Å²) in [6, 6.07) is 6.45. The number of carboxylic acids is 1. The number of thiophene rings is 1.